The van der Waals surface area contributed by atoms with Crippen molar-refractivity contribution in [3.8, 4) is 0 Å². The van der Waals surface area contributed by atoms with Crippen LogP contribution >= 0.6 is 0 Å². The normalized spacial score (nSPS) is 19.0. The summed E-state index contributed by atoms with van der Waals surface area (Å²) in [5.41, 5.74) is 6.74. The van der Waals surface area contributed by atoms with Gasteiger partial charge in [-0.2, -0.15) is 0 Å². The molecule has 1 aliphatic heterocycles. The molecule has 0 spiro atoms. The summed E-state index contributed by atoms with van der Waals surface area (Å²) in [5, 5.41) is 1.38. The molecule has 0 amide bonds. The Hall–Kier alpha value is -2.10. The summed E-state index contributed by atoms with van der Waals surface area (Å²) in [4.78, 5) is 6.07. The first kappa shape index (κ1) is 19.2. The highest BCUT2D eigenvalue weighted by molar-refractivity contribution is 5.85. The second-order valence-corrected chi connectivity index (χ2v) is 8.36. The zero-order valence-electron chi connectivity index (χ0n) is 17.6. The molecule has 1 N–H and O–H groups in total. The van der Waals surface area contributed by atoms with Crippen LogP contribution < -0.4 is 0 Å². The first-order valence-corrected chi connectivity index (χ1v) is 10.5. The Labute approximate surface area is 168 Å². The van der Waals surface area contributed by atoms with E-state index in [4.69, 9.17) is 4.74 Å². The maximum Gasteiger partial charge on any atom is 0.0976 e. The number of benzene rings is 2. The summed E-state index contributed by atoms with van der Waals surface area (Å²) in [6.07, 6.45) is 4.31. The van der Waals surface area contributed by atoms with Gasteiger partial charge in [0.1, 0.15) is 0 Å². The van der Waals surface area contributed by atoms with Crippen LogP contribution in [0.4, 0.5) is 0 Å². The molecule has 3 heteroatoms. The minimum Gasteiger partial charge on any atom is -0.372 e. The summed E-state index contributed by atoms with van der Waals surface area (Å²) in [7, 11) is 4.41. The lowest BCUT2D eigenvalue weighted by Crippen LogP contribution is -2.41. The SMILES string of the molecule is CCC(CCC1OCCc2c1[nH]c1ccc(C)cc21)(c1ccccc1)N(C)C. The van der Waals surface area contributed by atoms with Gasteiger partial charge in [0.2, 0.25) is 0 Å². The van der Waals surface area contributed by atoms with Crippen LogP contribution in [0.1, 0.15) is 54.7 Å². The number of fused-ring (bicyclic) bond motifs is 3. The number of aromatic nitrogens is 1. The summed E-state index contributed by atoms with van der Waals surface area (Å²) in [6, 6.07) is 17.6. The molecule has 148 valence electrons. The molecule has 0 aliphatic carbocycles. The highest BCUT2D eigenvalue weighted by Gasteiger charge is 2.35. The summed E-state index contributed by atoms with van der Waals surface area (Å²) in [6.45, 7) is 5.28. The topological polar surface area (TPSA) is 28.3 Å². The largest absolute Gasteiger partial charge is 0.372 e. The molecule has 2 aromatic carbocycles. The zero-order valence-corrected chi connectivity index (χ0v) is 17.6. The lowest BCUT2D eigenvalue weighted by molar-refractivity contribution is 0.0167. The van der Waals surface area contributed by atoms with E-state index in [1.807, 2.05) is 0 Å². The van der Waals surface area contributed by atoms with Crippen LogP contribution in [0.15, 0.2) is 48.5 Å². The molecule has 1 aromatic heterocycles. The van der Waals surface area contributed by atoms with Crippen molar-refractivity contribution in [3.63, 3.8) is 0 Å². The van der Waals surface area contributed by atoms with Gasteiger partial charge in [-0.3, -0.25) is 4.90 Å². The fourth-order valence-electron chi connectivity index (χ4n) is 4.98. The van der Waals surface area contributed by atoms with Gasteiger partial charge in [-0.05, 0) is 70.0 Å². The van der Waals surface area contributed by atoms with E-state index in [1.54, 1.807) is 0 Å². The summed E-state index contributed by atoms with van der Waals surface area (Å²) >= 11 is 0. The fraction of sp³-hybridized carbons (Fsp3) is 0.440. The van der Waals surface area contributed by atoms with E-state index in [-0.39, 0.29) is 11.6 Å². The number of hydrogen-bond donors (Lipinski definition) is 1. The molecule has 1 aliphatic rings. The van der Waals surface area contributed by atoms with Gasteiger partial charge in [-0.25, -0.2) is 0 Å². The van der Waals surface area contributed by atoms with Gasteiger partial charge in [0.05, 0.1) is 12.7 Å². The zero-order chi connectivity index (χ0) is 19.7. The number of rotatable bonds is 6. The maximum absolute atomic E-state index is 6.27. The van der Waals surface area contributed by atoms with Crippen molar-refractivity contribution >= 4 is 10.9 Å². The highest BCUT2D eigenvalue weighted by atomic mass is 16.5. The minimum atomic E-state index is 0.0326. The number of nitrogens with one attached hydrogen (secondary N) is 1. The minimum absolute atomic E-state index is 0.0326. The van der Waals surface area contributed by atoms with Gasteiger partial charge in [-0.15, -0.1) is 0 Å². The standard InChI is InChI=1S/C25H32N2O/c1-5-25(27(3)4,19-9-7-6-8-10-19)15-13-23-24-20(14-16-28-23)21-17-18(2)11-12-22(21)26-24/h6-12,17,23,26H,5,13-16H2,1-4H3. The lowest BCUT2D eigenvalue weighted by atomic mass is 9.80. The van der Waals surface area contributed by atoms with Gasteiger partial charge >= 0.3 is 0 Å². The fourth-order valence-corrected chi connectivity index (χ4v) is 4.98. The molecule has 2 heterocycles. The number of ether oxygens (including phenoxy) is 1. The molecule has 0 fully saturated rings. The molecular weight excluding hydrogens is 344 g/mol. The van der Waals surface area contributed by atoms with Crippen molar-refractivity contribution < 1.29 is 4.74 Å². The smallest absolute Gasteiger partial charge is 0.0976 e. The van der Waals surface area contributed by atoms with Crippen molar-refractivity contribution in [3.05, 3.63) is 70.9 Å². The molecule has 3 nitrogen and oxygen atoms in total. The third kappa shape index (κ3) is 3.27. The van der Waals surface area contributed by atoms with E-state index in [9.17, 15) is 0 Å². The number of hydrogen-bond acceptors (Lipinski definition) is 2. The van der Waals surface area contributed by atoms with E-state index < -0.39 is 0 Å². The molecule has 2 atom stereocenters. The first-order valence-electron chi connectivity index (χ1n) is 10.5. The van der Waals surface area contributed by atoms with Crippen LogP contribution in [-0.2, 0) is 16.7 Å². The van der Waals surface area contributed by atoms with Crippen LogP contribution in [0.25, 0.3) is 10.9 Å². The Morgan fingerprint density at radius 1 is 1.14 bits per heavy atom. The average molecular weight is 377 g/mol. The van der Waals surface area contributed by atoms with Crippen LogP contribution in [0.3, 0.4) is 0 Å². The van der Waals surface area contributed by atoms with Crippen molar-refractivity contribution in [2.24, 2.45) is 0 Å². The average Bonchev–Trinajstić information content (AvgIpc) is 3.08. The van der Waals surface area contributed by atoms with E-state index >= 15 is 0 Å². The molecule has 2 unspecified atom stereocenters. The predicted octanol–water partition coefficient (Wildman–Crippen LogP) is 5.74. The molecule has 28 heavy (non-hydrogen) atoms. The monoisotopic (exact) mass is 376 g/mol. The quantitative estimate of drug-likeness (QED) is 0.594. The molecule has 0 radical (unpaired) electrons. The predicted molar refractivity (Wildman–Crippen MR) is 117 cm³/mol. The third-order valence-electron chi connectivity index (χ3n) is 6.66. The second kappa shape index (κ2) is 7.73. The molecule has 4 rings (SSSR count). The van der Waals surface area contributed by atoms with E-state index in [0.717, 1.165) is 32.3 Å². The Morgan fingerprint density at radius 3 is 2.64 bits per heavy atom. The Bertz CT molecular complexity index is 944. The second-order valence-electron chi connectivity index (χ2n) is 8.36. The number of aromatic amines is 1. The van der Waals surface area contributed by atoms with Crippen molar-refractivity contribution in [2.75, 3.05) is 20.7 Å². The summed E-state index contributed by atoms with van der Waals surface area (Å²) in [5.74, 6) is 0. The van der Waals surface area contributed by atoms with Gasteiger partial charge in [0.15, 0.2) is 0 Å². The molecule has 0 saturated heterocycles. The van der Waals surface area contributed by atoms with Gasteiger partial charge in [-0.1, -0.05) is 48.9 Å². The Balaban J connectivity index is 1.64. The van der Waals surface area contributed by atoms with Crippen LogP contribution in [0.2, 0.25) is 0 Å². The first-order chi connectivity index (χ1) is 13.5. The van der Waals surface area contributed by atoms with Gasteiger partial charge in [0, 0.05) is 22.1 Å². The van der Waals surface area contributed by atoms with Crippen molar-refractivity contribution in [1.82, 2.24) is 9.88 Å². The molecule has 0 saturated carbocycles. The van der Waals surface area contributed by atoms with Crippen molar-refractivity contribution in [2.45, 2.75) is 51.2 Å². The molecule has 3 aromatic rings. The third-order valence-corrected chi connectivity index (χ3v) is 6.66. The van der Waals surface area contributed by atoms with Gasteiger partial charge < -0.3 is 9.72 Å². The molecular formula is C25H32N2O. The number of nitrogens with zero attached hydrogens (tertiary/aromatic N) is 1. The van der Waals surface area contributed by atoms with E-state index in [1.165, 1.54) is 33.3 Å². The lowest BCUT2D eigenvalue weighted by Gasteiger charge is -2.41. The Kier molecular flexibility index (Phi) is 5.31. The van der Waals surface area contributed by atoms with Gasteiger partial charge in [0.25, 0.3) is 0 Å². The van der Waals surface area contributed by atoms with Crippen LogP contribution in [-0.4, -0.2) is 30.6 Å². The number of aryl methyl sites for hydroxylation is 1. The van der Waals surface area contributed by atoms with Crippen LogP contribution in [0, 0.1) is 6.92 Å². The van der Waals surface area contributed by atoms with E-state index in [2.05, 4.69) is 86.4 Å². The van der Waals surface area contributed by atoms with E-state index in [0.29, 0.717) is 0 Å². The number of H-pyrrole nitrogens is 1. The highest BCUT2D eigenvalue weighted by Crippen LogP contribution is 2.41. The Morgan fingerprint density at radius 2 is 1.93 bits per heavy atom. The van der Waals surface area contributed by atoms with Crippen LogP contribution in [0.5, 0.6) is 0 Å². The maximum atomic E-state index is 6.27. The summed E-state index contributed by atoms with van der Waals surface area (Å²) < 4.78 is 6.27. The van der Waals surface area contributed by atoms with Crippen molar-refractivity contribution in [1.29, 1.82) is 0 Å². The molecule has 0 bridgehead atoms.